The van der Waals surface area contributed by atoms with Crippen LogP contribution in [0.15, 0.2) is 18.2 Å². The number of non-ortho nitro benzene ring substituents is 1. The van der Waals surface area contributed by atoms with Crippen molar-refractivity contribution in [1.82, 2.24) is 5.32 Å². The maximum absolute atomic E-state index is 12.0. The molecule has 7 heteroatoms. The summed E-state index contributed by atoms with van der Waals surface area (Å²) in [5.41, 5.74) is -0.0152. The molecule has 0 saturated carbocycles. The van der Waals surface area contributed by atoms with E-state index in [0.29, 0.717) is 25.7 Å². The lowest BCUT2D eigenvalue weighted by Gasteiger charge is -2.22. The summed E-state index contributed by atoms with van der Waals surface area (Å²) in [6.45, 7) is 1.94. The molecule has 0 radical (unpaired) electrons. The minimum Gasteiger partial charge on any atom is -0.381 e. The number of nitrogens with one attached hydrogen (secondary N) is 1. The average molecular weight is 299 g/mol. The normalized spacial score (nSPS) is 15.8. The van der Waals surface area contributed by atoms with Gasteiger partial charge in [-0.15, -0.1) is 0 Å². The highest BCUT2D eigenvalue weighted by Crippen LogP contribution is 2.22. The van der Waals surface area contributed by atoms with E-state index < -0.39 is 4.92 Å². The van der Waals surface area contributed by atoms with Crippen molar-refractivity contribution in [3.05, 3.63) is 38.9 Å². The molecular weight excluding hydrogens is 284 g/mol. The van der Waals surface area contributed by atoms with Crippen LogP contribution in [0.5, 0.6) is 0 Å². The van der Waals surface area contributed by atoms with Crippen LogP contribution in [0.4, 0.5) is 5.69 Å². The lowest BCUT2D eigenvalue weighted by atomic mass is 10.0. The van der Waals surface area contributed by atoms with Gasteiger partial charge in [0.25, 0.3) is 11.6 Å². The molecule has 20 heavy (non-hydrogen) atoms. The molecule has 1 N–H and O–H groups in total. The summed E-state index contributed by atoms with van der Waals surface area (Å²) in [5, 5.41) is 13.7. The molecule has 1 heterocycles. The van der Waals surface area contributed by atoms with Gasteiger partial charge in [-0.3, -0.25) is 14.9 Å². The smallest absolute Gasteiger partial charge is 0.270 e. The van der Waals surface area contributed by atoms with Crippen LogP contribution in [-0.2, 0) is 4.74 Å². The molecule has 1 aliphatic heterocycles. The third-order valence-corrected chi connectivity index (χ3v) is 3.63. The molecule has 1 aromatic carbocycles. The number of amides is 1. The van der Waals surface area contributed by atoms with E-state index in [1.165, 1.54) is 18.2 Å². The number of benzene rings is 1. The fourth-order valence-electron chi connectivity index (χ4n) is 2.08. The number of rotatable bonds is 4. The van der Waals surface area contributed by atoms with Crippen LogP contribution in [0, 0.1) is 16.0 Å². The number of nitro groups is 1. The number of nitro benzene ring substituents is 1. The molecule has 6 nitrogen and oxygen atoms in total. The highest BCUT2D eigenvalue weighted by Gasteiger charge is 2.18. The van der Waals surface area contributed by atoms with E-state index in [9.17, 15) is 14.9 Å². The fraction of sp³-hybridized carbons (Fsp3) is 0.462. The third-order valence-electron chi connectivity index (χ3n) is 3.30. The molecular formula is C13H15ClN2O4. The molecule has 1 aromatic rings. The van der Waals surface area contributed by atoms with Gasteiger partial charge in [0, 0.05) is 31.9 Å². The van der Waals surface area contributed by atoms with E-state index in [2.05, 4.69) is 5.32 Å². The second-order valence-corrected chi connectivity index (χ2v) is 5.09. The van der Waals surface area contributed by atoms with Gasteiger partial charge in [0.1, 0.15) is 0 Å². The summed E-state index contributed by atoms with van der Waals surface area (Å²) in [7, 11) is 0. The Labute approximate surface area is 121 Å². The van der Waals surface area contributed by atoms with Gasteiger partial charge in [-0.25, -0.2) is 0 Å². The van der Waals surface area contributed by atoms with E-state index >= 15 is 0 Å². The Hall–Kier alpha value is -1.66. The molecule has 1 amide bonds. The Bertz CT molecular complexity index is 515. The first-order valence-corrected chi connectivity index (χ1v) is 6.75. The number of carbonyl (C=O) groups excluding carboxylic acids is 1. The van der Waals surface area contributed by atoms with Crippen molar-refractivity contribution < 1.29 is 14.5 Å². The average Bonchev–Trinajstić information content (AvgIpc) is 2.46. The van der Waals surface area contributed by atoms with Crippen molar-refractivity contribution in [1.29, 1.82) is 0 Å². The van der Waals surface area contributed by atoms with Gasteiger partial charge in [0.05, 0.1) is 15.5 Å². The SMILES string of the molecule is O=C(NCC1CCOCC1)c1cc([N+](=O)[O-])ccc1Cl. The minimum absolute atomic E-state index is 0.132. The van der Waals surface area contributed by atoms with Crippen LogP contribution >= 0.6 is 11.6 Å². The van der Waals surface area contributed by atoms with Crippen molar-refractivity contribution in [2.45, 2.75) is 12.8 Å². The number of carbonyl (C=O) groups is 1. The summed E-state index contributed by atoms with van der Waals surface area (Å²) < 4.78 is 5.24. The van der Waals surface area contributed by atoms with E-state index in [1.54, 1.807) is 0 Å². The lowest BCUT2D eigenvalue weighted by Crippen LogP contribution is -2.32. The van der Waals surface area contributed by atoms with Crippen LogP contribution in [0.1, 0.15) is 23.2 Å². The zero-order chi connectivity index (χ0) is 14.5. The van der Waals surface area contributed by atoms with Gasteiger partial charge >= 0.3 is 0 Å². The van der Waals surface area contributed by atoms with Gasteiger partial charge in [-0.2, -0.15) is 0 Å². The van der Waals surface area contributed by atoms with Crippen molar-refractivity contribution >= 4 is 23.2 Å². The Balaban J connectivity index is 2.00. The topological polar surface area (TPSA) is 81.5 Å². The molecule has 1 aliphatic rings. The third kappa shape index (κ3) is 3.68. The summed E-state index contributed by atoms with van der Waals surface area (Å²) in [4.78, 5) is 22.2. The summed E-state index contributed by atoms with van der Waals surface area (Å²) >= 11 is 5.91. The molecule has 108 valence electrons. The summed E-state index contributed by atoms with van der Waals surface area (Å²) in [6.07, 6.45) is 1.81. The van der Waals surface area contributed by atoms with E-state index in [0.717, 1.165) is 12.8 Å². The van der Waals surface area contributed by atoms with Gasteiger partial charge in [0.2, 0.25) is 0 Å². The standard InChI is InChI=1S/C13H15ClN2O4/c14-12-2-1-10(16(18)19)7-11(12)13(17)15-8-9-3-5-20-6-4-9/h1-2,7,9H,3-6,8H2,(H,15,17). The first-order valence-electron chi connectivity index (χ1n) is 6.38. The number of ether oxygens (including phenoxy) is 1. The van der Waals surface area contributed by atoms with Crippen LogP contribution < -0.4 is 5.32 Å². The van der Waals surface area contributed by atoms with Gasteiger partial charge in [-0.1, -0.05) is 11.6 Å². The molecule has 2 rings (SSSR count). The van der Waals surface area contributed by atoms with E-state index in [4.69, 9.17) is 16.3 Å². The van der Waals surface area contributed by atoms with Crippen molar-refractivity contribution in [3.63, 3.8) is 0 Å². The molecule has 1 fully saturated rings. The summed E-state index contributed by atoms with van der Waals surface area (Å²) in [6, 6.07) is 3.84. The zero-order valence-electron chi connectivity index (χ0n) is 10.8. The van der Waals surface area contributed by atoms with Crippen LogP contribution in [0.25, 0.3) is 0 Å². The molecule has 0 unspecified atom stereocenters. The van der Waals surface area contributed by atoms with E-state index in [-0.39, 0.29) is 22.2 Å². The molecule has 0 aromatic heterocycles. The van der Waals surface area contributed by atoms with Crippen LogP contribution in [0.3, 0.4) is 0 Å². The largest absolute Gasteiger partial charge is 0.381 e. The Morgan fingerprint density at radius 1 is 1.45 bits per heavy atom. The fourth-order valence-corrected chi connectivity index (χ4v) is 2.29. The van der Waals surface area contributed by atoms with Gasteiger partial charge in [-0.05, 0) is 24.8 Å². The first-order chi connectivity index (χ1) is 9.58. The molecule has 0 atom stereocenters. The first kappa shape index (κ1) is 14.7. The van der Waals surface area contributed by atoms with Crippen LogP contribution in [0.2, 0.25) is 5.02 Å². The zero-order valence-corrected chi connectivity index (χ0v) is 11.6. The number of hydrogen-bond donors (Lipinski definition) is 1. The quantitative estimate of drug-likeness (QED) is 0.683. The highest BCUT2D eigenvalue weighted by molar-refractivity contribution is 6.33. The predicted molar refractivity (Wildman–Crippen MR) is 74.0 cm³/mol. The molecule has 0 aliphatic carbocycles. The molecule has 1 saturated heterocycles. The van der Waals surface area contributed by atoms with Gasteiger partial charge in [0.15, 0.2) is 0 Å². The van der Waals surface area contributed by atoms with Gasteiger partial charge < -0.3 is 10.1 Å². The molecule has 0 bridgehead atoms. The van der Waals surface area contributed by atoms with Crippen LogP contribution in [-0.4, -0.2) is 30.6 Å². The predicted octanol–water partition coefficient (Wildman–Crippen LogP) is 2.40. The monoisotopic (exact) mass is 298 g/mol. The number of hydrogen-bond acceptors (Lipinski definition) is 4. The lowest BCUT2D eigenvalue weighted by molar-refractivity contribution is -0.384. The van der Waals surface area contributed by atoms with Crippen molar-refractivity contribution in [2.24, 2.45) is 5.92 Å². The molecule has 0 spiro atoms. The Kier molecular flexibility index (Phi) is 4.92. The second kappa shape index (κ2) is 6.67. The Morgan fingerprint density at radius 2 is 2.15 bits per heavy atom. The maximum atomic E-state index is 12.0. The van der Waals surface area contributed by atoms with E-state index in [1.807, 2.05) is 0 Å². The second-order valence-electron chi connectivity index (χ2n) is 4.69. The maximum Gasteiger partial charge on any atom is 0.270 e. The highest BCUT2D eigenvalue weighted by atomic mass is 35.5. The minimum atomic E-state index is -0.550. The van der Waals surface area contributed by atoms with Crippen molar-refractivity contribution in [3.8, 4) is 0 Å². The Morgan fingerprint density at radius 3 is 2.80 bits per heavy atom. The number of nitrogens with zero attached hydrogens (tertiary/aromatic N) is 1. The van der Waals surface area contributed by atoms with Crippen molar-refractivity contribution in [2.75, 3.05) is 19.8 Å². The summed E-state index contributed by atoms with van der Waals surface area (Å²) in [5.74, 6) is -0.00429. The number of halogens is 1.